The molecule has 1 aromatic heterocycles. The molecule has 2 saturated carbocycles. The number of nitrogens with zero attached hydrogens (tertiary/aromatic N) is 3. The van der Waals surface area contributed by atoms with Gasteiger partial charge in [0.2, 0.25) is 5.91 Å². The van der Waals surface area contributed by atoms with Gasteiger partial charge in [0.1, 0.15) is 12.2 Å². The summed E-state index contributed by atoms with van der Waals surface area (Å²) in [5.74, 6) is 0.467. The predicted molar refractivity (Wildman–Crippen MR) is 124 cm³/mol. The summed E-state index contributed by atoms with van der Waals surface area (Å²) in [6, 6.07) is 7.21. The summed E-state index contributed by atoms with van der Waals surface area (Å²) in [5.41, 5.74) is 1.16. The smallest absolute Gasteiger partial charge is 0.245 e. The van der Waals surface area contributed by atoms with E-state index in [1.54, 1.807) is 9.58 Å². The number of Topliss-reactive ketones (excluding diaryl/α,β-unsaturated/α-hetero) is 2. The highest BCUT2D eigenvalue weighted by Gasteiger charge is 2.56. The van der Waals surface area contributed by atoms with E-state index in [2.05, 4.69) is 18.9 Å². The van der Waals surface area contributed by atoms with Crippen molar-refractivity contribution in [3.05, 3.63) is 30.0 Å². The third-order valence-electron chi connectivity index (χ3n) is 7.77. The average Bonchev–Trinajstić information content (AvgIpc) is 3.22. The van der Waals surface area contributed by atoms with Crippen molar-refractivity contribution in [2.45, 2.75) is 84.0 Å². The standard InChI is InChI=1S/C26H33N3O4/c1-15(30)25-19-6-4-5-7-20(19)28(27-25)14-24(33)29-21-10-17(21)11-22(29)23(32)9-16-8-18(31)13-26(2,3)12-16/h4-7,16-18,21-22,31H,8-14H2,1-3H3/t16-,17+,18+,21+,22-/m0/s1. The summed E-state index contributed by atoms with van der Waals surface area (Å²) in [7, 11) is 0. The molecule has 0 spiro atoms. The molecule has 2 aromatic rings. The Bertz CT molecular complexity index is 1120. The van der Waals surface area contributed by atoms with Gasteiger partial charge in [-0.05, 0) is 55.4 Å². The van der Waals surface area contributed by atoms with Crippen molar-refractivity contribution in [3.8, 4) is 0 Å². The van der Waals surface area contributed by atoms with Crippen molar-refractivity contribution in [1.82, 2.24) is 14.7 Å². The van der Waals surface area contributed by atoms with Crippen LogP contribution >= 0.6 is 0 Å². The zero-order valence-corrected chi connectivity index (χ0v) is 19.7. The lowest BCUT2D eigenvalue weighted by Gasteiger charge is -2.38. The first-order valence-electron chi connectivity index (χ1n) is 12.1. The second kappa shape index (κ2) is 8.05. The van der Waals surface area contributed by atoms with Crippen LogP contribution in [0.4, 0.5) is 0 Å². The number of ketones is 2. The zero-order chi connectivity index (χ0) is 23.5. The number of hydrogen-bond donors (Lipinski definition) is 1. The highest BCUT2D eigenvalue weighted by atomic mass is 16.3. The number of amides is 1. The van der Waals surface area contributed by atoms with Crippen molar-refractivity contribution in [1.29, 1.82) is 0 Å². The molecule has 2 aliphatic carbocycles. The van der Waals surface area contributed by atoms with E-state index in [4.69, 9.17) is 0 Å². The molecule has 3 fully saturated rings. The summed E-state index contributed by atoms with van der Waals surface area (Å²) in [4.78, 5) is 40.6. The van der Waals surface area contributed by atoms with Crippen LogP contribution in [-0.2, 0) is 16.1 Å². The second-order valence-electron chi connectivity index (χ2n) is 11.2. The minimum atomic E-state index is -0.377. The molecule has 0 unspecified atom stereocenters. The second-order valence-corrected chi connectivity index (χ2v) is 11.2. The van der Waals surface area contributed by atoms with Crippen molar-refractivity contribution >= 4 is 28.4 Å². The Kier molecular flexibility index (Phi) is 5.43. The number of carbonyl (C=O) groups excluding carboxylic acids is 3. The summed E-state index contributed by atoms with van der Waals surface area (Å²) in [5, 5.41) is 15.4. The van der Waals surface area contributed by atoms with E-state index in [9.17, 15) is 19.5 Å². The van der Waals surface area contributed by atoms with Gasteiger partial charge in [0.15, 0.2) is 11.6 Å². The number of aliphatic hydroxyl groups is 1. The Hall–Kier alpha value is -2.54. The molecule has 5 atom stereocenters. The fraction of sp³-hybridized carbons (Fsp3) is 0.615. The van der Waals surface area contributed by atoms with Gasteiger partial charge in [-0.3, -0.25) is 19.1 Å². The number of piperidine rings is 1. The summed E-state index contributed by atoms with van der Waals surface area (Å²) >= 11 is 0. The number of benzene rings is 1. The van der Waals surface area contributed by atoms with Crippen LogP contribution in [0.5, 0.6) is 0 Å². The quantitative estimate of drug-likeness (QED) is 0.680. The molecule has 1 N–H and O–H groups in total. The monoisotopic (exact) mass is 451 g/mol. The number of rotatable bonds is 6. The first kappa shape index (κ1) is 22.3. The first-order chi connectivity index (χ1) is 15.6. The van der Waals surface area contributed by atoms with Crippen LogP contribution in [0.25, 0.3) is 10.9 Å². The van der Waals surface area contributed by atoms with Gasteiger partial charge in [-0.2, -0.15) is 5.10 Å². The summed E-state index contributed by atoms with van der Waals surface area (Å²) in [6.07, 6.45) is 4.13. The molecule has 0 bridgehead atoms. The highest BCUT2D eigenvalue weighted by molar-refractivity contribution is 6.05. The maximum absolute atomic E-state index is 13.4. The zero-order valence-electron chi connectivity index (χ0n) is 19.7. The number of carbonyl (C=O) groups is 3. The Balaban J connectivity index is 1.33. The van der Waals surface area contributed by atoms with Crippen LogP contribution in [0.15, 0.2) is 24.3 Å². The van der Waals surface area contributed by atoms with Crippen LogP contribution in [-0.4, -0.2) is 55.4 Å². The number of aromatic nitrogens is 2. The van der Waals surface area contributed by atoms with Crippen LogP contribution < -0.4 is 0 Å². The minimum absolute atomic E-state index is 0.0238. The third-order valence-corrected chi connectivity index (χ3v) is 7.77. The van der Waals surface area contributed by atoms with Gasteiger partial charge in [0, 0.05) is 24.8 Å². The van der Waals surface area contributed by atoms with E-state index in [1.807, 2.05) is 24.3 Å². The van der Waals surface area contributed by atoms with Gasteiger partial charge in [0.25, 0.3) is 0 Å². The van der Waals surface area contributed by atoms with E-state index < -0.39 is 0 Å². The van der Waals surface area contributed by atoms with E-state index in [0.717, 1.165) is 36.6 Å². The topological polar surface area (TPSA) is 92.5 Å². The Morgan fingerprint density at radius 3 is 2.61 bits per heavy atom. The Labute approximate surface area is 194 Å². The van der Waals surface area contributed by atoms with Crippen molar-refractivity contribution in [2.75, 3.05) is 0 Å². The SMILES string of the molecule is CC(=O)c1nn(CC(=O)N2[C@@H]3C[C@@H]3C[C@H]2C(=O)C[C@@H]2C[C@@H](O)CC(C)(C)C2)c2ccccc12. The number of aliphatic hydroxyl groups excluding tert-OH is 1. The highest BCUT2D eigenvalue weighted by Crippen LogP contribution is 2.49. The minimum Gasteiger partial charge on any atom is -0.393 e. The Morgan fingerprint density at radius 2 is 1.88 bits per heavy atom. The van der Waals surface area contributed by atoms with Gasteiger partial charge in [0.05, 0.1) is 17.7 Å². The molecule has 1 saturated heterocycles. The molecular weight excluding hydrogens is 418 g/mol. The molecule has 5 rings (SSSR count). The fourth-order valence-electron chi connectivity index (χ4n) is 6.45. The first-order valence-corrected chi connectivity index (χ1v) is 12.1. The lowest BCUT2D eigenvalue weighted by atomic mass is 9.69. The van der Waals surface area contributed by atoms with Gasteiger partial charge in [-0.15, -0.1) is 0 Å². The maximum Gasteiger partial charge on any atom is 0.245 e. The molecule has 2 heterocycles. The lowest BCUT2D eigenvalue weighted by Crippen LogP contribution is -2.45. The van der Waals surface area contributed by atoms with Crippen molar-refractivity contribution in [2.24, 2.45) is 17.3 Å². The van der Waals surface area contributed by atoms with Gasteiger partial charge in [-0.1, -0.05) is 32.0 Å². The number of para-hydroxylation sites is 1. The maximum atomic E-state index is 13.4. The molecular formula is C26H33N3O4. The average molecular weight is 452 g/mol. The van der Waals surface area contributed by atoms with Gasteiger partial charge in [-0.25, -0.2) is 0 Å². The molecule has 7 nitrogen and oxygen atoms in total. The molecule has 3 aliphatic rings. The van der Waals surface area contributed by atoms with E-state index in [1.165, 1.54) is 6.92 Å². The Morgan fingerprint density at radius 1 is 1.12 bits per heavy atom. The summed E-state index contributed by atoms with van der Waals surface area (Å²) < 4.78 is 1.60. The number of fused-ring (bicyclic) bond motifs is 2. The molecule has 1 aliphatic heterocycles. The van der Waals surface area contributed by atoms with Crippen LogP contribution in [0.3, 0.4) is 0 Å². The van der Waals surface area contributed by atoms with Crippen LogP contribution in [0.2, 0.25) is 0 Å². The van der Waals surface area contributed by atoms with E-state index >= 15 is 0 Å². The lowest BCUT2D eigenvalue weighted by molar-refractivity contribution is -0.140. The largest absolute Gasteiger partial charge is 0.393 e. The van der Waals surface area contributed by atoms with Crippen LogP contribution in [0.1, 0.15) is 69.8 Å². The normalized spacial score (nSPS) is 30.3. The molecule has 0 radical (unpaired) electrons. The molecule has 176 valence electrons. The molecule has 1 aromatic carbocycles. The number of likely N-dealkylation sites (tertiary alicyclic amines) is 1. The number of hydrogen-bond acceptors (Lipinski definition) is 5. The van der Waals surface area contributed by atoms with Crippen LogP contribution in [0, 0.1) is 17.3 Å². The molecule has 1 amide bonds. The molecule has 7 heteroatoms. The van der Waals surface area contributed by atoms with Gasteiger partial charge < -0.3 is 10.0 Å². The third kappa shape index (κ3) is 4.23. The predicted octanol–water partition coefficient (Wildman–Crippen LogP) is 3.37. The van der Waals surface area contributed by atoms with Crippen molar-refractivity contribution < 1.29 is 19.5 Å². The van der Waals surface area contributed by atoms with E-state index in [0.29, 0.717) is 24.5 Å². The molecule has 33 heavy (non-hydrogen) atoms. The van der Waals surface area contributed by atoms with Gasteiger partial charge >= 0.3 is 0 Å². The fourth-order valence-corrected chi connectivity index (χ4v) is 6.45. The summed E-state index contributed by atoms with van der Waals surface area (Å²) in [6.45, 7) is 5.80. The van der Waals surface area contributed by atoms with Crippen molar-refractivity contribution in [3.63, 3.8) is 0 Å². The van der Waals surface area contributed by atoms with E-state index in [-0.39, 0.29) is 53.5 Å².